The second kappa shape index (κ2) is 11.6. The maximum atomic E-state index is 13.1. The third-order valence-corrected chi connectivity index (χ3v) is 7.41. The van der Waals surface area contributed by atoms with Gasteiger partial charge in [-0.3, -0.25) is 4.79 Å². The molecule has 1 amide bonds. The van der Waals surface area contributed by atoms with Crippen molar-refractivity contribution in [2.75, 3.05) is 29.9 Å². The zero-order chi connectivity index (χ0) is 23.9. The molecule has 2 aromatic rings. The van der Waals surface area contributed by atoms with Crippen molar-refractivity contribution in [1.29, 1.82) is 0 Å². The van der Waals surface area contributed by atoms with E-state index in [0.717, 1.165) is 74.6 Å². The lowest BCUT2D eigenvalue weighted by molar-refractivity contribution is -0.125. The van der Waals surface area contributed by atoms with Crippen LogP contribution in [0, 0.1) is 16.7 Å². The Morgan fingerprint density at radius 3 is 2.38 bits per heavy atom. The van der Waals surface area contributed by atoms with Crippen LogP contribution in [0.15, 0.2) is 47.6 Å². The van der Waals surface area contributed by atoms with E-state index in [-0.39, 0.29) is 17.5 Å². The number of benzene rings is 2. The highest BCUT2D eigenvalue weighted by Crippen LogP contribution is 2.29. The molecule has 0 aromatic heterocycles. The molecule has 1 aliphatic heterocycles. The molecule has 1 aliphatic carbocycles. The van der Waals surface area contributed by atoms with Gasteiger partial charge >= 0.3 is 0 Å². The zero-order valence-electron chi connectivity index (χ0n) is 19.3. The van der Waals surface area contributed by atoms with Crippen molar-refractivity contribution in [2.45, 2.75) is 51.2 Å². The van der Waals surface area contributed by atoms with Crippen molar-refractivity contribution < 1.29 is 9.18 Å². The Balaban J connectivity index is 1.16. The molecule has 6 nitrogen and oxygen atoms in total. The highest BCUT2D eigenvalue weighted by Gasteiger charge is 2.27. The maximum absolute atomic E-state index is 13.1. The third kappa shape index (κ3) is 6.26. The van der Waals surface area contributed by atoms with Gasteiger partial charge in [-0.05, 0) is 92.1 Å². The SMILES string of the molecule is O=Nc1ccc(NC2CCC(CNC(=O)C3CCN(c4ccc(Cl)cc4)CC3)CC2)cc1CF. The van der Waals surface area contributed by atoms with Crippen LogP contribution < -0.4 is 15.5 Å². The zero-order valence-corrected chi connectivity index (χ0v) is 20.1. The molecule has 34 heavy (non-hydrogen) atoms. The van der Waals surface area contributed by atoms with Gasteiger partial charge in [-0.15, -0.1) is 4.91 Å². The predicted octanol–water partition coefficient (Wildman–Crippen LogP) is 6.21. The number of nitroso groups, excluding NO2 is 1. The molecule has 2 aromatic carbocycles. The monoisotopic (exact) mass is 486 g/mol. The van der Waals surface area contributed by atoms with Crippen molar-refractivity contribution >= 4 is 34.6 Å². The van der Waals surface area contributed by atoms with Crippen LogP contribution in [0.4, 0.5) is 21.5 Å². The molecule has 2 fully saturated rings. The molecule has 4 rings (SSSR count). The Kier molecular flexibility index (Phi) is 8.38. The number of anilines is 2. The summed E-state index contributed by atoms with van der Waals surface area (Å²) in [7, 11) is 0. The normalized spacial score (nSPS) is 21.2. The average molecular weight is 487 g/mol. The number of nitrogens with one attached hydrogen (secondary N) is 2. The largest absolute Gasteiger partial charge is 0.382 e. The van der Waals surface area contributed by atoms with Crippen LogP contribution in [-0.2, 0) is 11.5 Å². The van der Waals surface area contributed by atoms with Crippen LogP contribution in [0.2, 0.25) is 5.02 Å². The number of carbonyl (C=O) groups is 1. The predicted molar refractivity (Wildman–Crippen MR) is 135 cm³/mol. The van der Waals surface area contributed by atoms with Gasteiger partial charge in [0.2, 0.25) is 5.91 Å². The first kappa shape index (κ1) is 24.5. The van der Waals surface area contributed by atoms with Gasteiger partial charge in [0.15, 0.2) is 0 Å². The van der Waals surface area contributed by atoms with Gasteiger partial charge in [0, 0.05) is 53.6 Å². The quantitative estimate of drug-likeness (QED) is 0.435. The highest BCUT2D eigenvalue weighted by atomic mass is 35.5. The lowest BCUT2D eigenvalue weighted by Gasteiger charge is -2.34. The number of rotatable bonds is 8. The second-order valence-corrected chi connectivity index (χ2v) is 9.85. The van der Waals surface area contributed by atoms with Crippen molar-refractivity contribution in [3.05, 3.63) is 58.0 Å². The van der Waals surface area contributed by atoms with E-state index in [1.807, 2.05) is 24.3 Å². The molecule has 2 aliphatic rings. The van der Waals surface area contributed by atoms with Crippen molar-refractivity contribution in [1.82, 2.24) is 5.32 Å². The minimum atomic E-state index is -0.705. The van der Waals surface area contributed by atoms with Crippen molar-refractivity contribution in [3.8, 4) is 0 Å². The van der Waals surface area contributed by atoms with Gasteiger partial charge in [0.1, 0.15) is 12.4 Å². The summed E-state index contributed by atoms with van der Waals surface area (Å²) in [5.74, 6) is 0.743. The topological polar surface area (TPSA) is 73.8 Å². The summed E-state index contributed by atoms with van der Waals surface area (Å²) < 4.78 is 13.1. The number of nitrogens with zero attached hydrogens (tertiary/aromatic N) is 2. The molecule has 0 radical (unpaired) electrons. The molecule has 1 heterocycles. The average Bonchev–Trinajstić information content (AvgIpc) is 2.88. The first-order valence-corrected chi connectivity index (χ1v) is 12.5. The summed E-state index contributed by atoms with van der Waals surface area (Å²) >= 11 is 5.98. The Hall–Kier alpha value is -2.67. The van der Waals surface area contributed by atoms with E-state index < -0.39 is 6.67 Å². The van der Waals surface area contributed by atoms with E-state index in [2.05, 4.69) is 20.7 Å². The van der Waals surface area contributed by atoms with Gasteiger partial charge in [-0.1, -0.05) is 11.6 Å². The van der Waals surface area contributed by atoms with Gasteiger partial charge < -0.3 is 15.5 Å². The molecule has 0 bridgehead atoms. The minimum absolute atomic E-state index is 0.0788. The van der Waals surface area contributed by atoms with Crippen LogP contribution in [0.25, 0.3) is 0 Å². The van der Waals surface area contributed by atoms with Gasteiger partial charge in [0.05, 0.1) is 0 Å². The number of hydrogen-bond acceptors (Lipinski definition) is 5. The fourth-order valence-corrected chi connectivity index (χ4v) is 5.19. The fraction of sp³-hybridized carbons (Fsp3) is 0.500. The van der Waals surface area contributed by atoms with E-state index in [1.54, 1.807) is 18.2 Å². The van der Waals surface area contributed by atoms with E-state index >= 15 is 0 Å². The van der Waals surface area contributed by atoms with Crippen LogP contribution in [0.1, 0.15) is 44.1 Å². The minimum Gasteiger partial charge on any atom is -0.382 e. The van der Waals surface area contributed by atoms with Crippen LogP contribution in [-0.4, -0.2) is 31.6 Å². The summed E-state index contributed by atoms with van der Waals surface area (Å²) in [6, 6.07) is 13.2. The summed E-state index contributed by atoms with van der Waals surface area (Å²) in [5, 5.41) is 10.3. The fourth-order valence-electron chi connectivity index (χ4n) is 5.06. The Labute approximate surface area is 205 Å². The van der Waals surface area contributed by atoms with Crippen LogP contribution >= 0.6 is 11.6 Å². The molecule has 0 spiro atoms. The standard InChI is InChI=1S/C26H32ClFN4O2/c27-21-3-8-24(9-4-21)32-13-11-19(12-14-32)26(33)29-17-18-1-5-22(6-2-18)30-23-7-10-25(31-34)20(15-23)16-28/h3-4,7-10,15,18-19,22,30H,1-2,5-6,11-14,16-17H2,(H,29,33). The molecule has 0 atom stereocenters. The Morgan fingerprint density at radius 1 is 1.03 bits per heavy atom. The van der Waals surface area contributed by atoms with E-state index in [4.69, 9.17) is 11.6 Å². The number of alkyl halides is 1. The highest BCUT2D eigenvalue weighted by molar-refractivity contribution is 6.30. The van der Waals surface area contributed by atoms with E-state index in [0.29, 0.717) is 17.5 Å². The summed E-state index contributed by atoms with van der Waals surface area (Å²) in [6.45, 7) is 1.78. The van der Waals surface area contributed by atoms with E-state index in [1.165, 1.54) is 0 Å². The molecule has 1 saturated carbocycles. The van der Waals surface area contributed by atoms with Crippen molar-refractivity contribution in [3.63, 3.8) is 0 Å². The van der Waals surface area contributed by atoms with Gasteiger partial charge in [-0.2, -0.15) is 0 Å². The summed E-state index contributed by atoms with van der Waals surface area (Å²) in [5.41, 5.74) is 2.45. The van der Waals surface area contributed by atoms with Gasteiger partial charge in [0.25, 0.3) is 0 Å². The smallest absolute Gasteiger partial charge is 0.223 e. The summed E-state index contributed by atoms with van der Waals surface area (Å²) in [4.78, 5) is 25.8. The molecule has 182 valence electrons. The number of amides is 1. The molecule has 1 saturated heterocycles. The number of halogens is 2. The lowest BCUT2D eigenvalue weighted by atomic mass is 9.85. The number of piperidine rings is 1. The lowest BCUT2D eigenvalue weighted by Crippen LogP contribution is -2.42. The molecular formula is C26H32ClFN4O2. The molecular weight excluding hydrogens is 455 g/mol. The molecule has 2 N–H and O–H groups in total. The van der Waals surface area contributed by atoms with Gasteiger partial charge in [-0.25, -0.2) is 4.39 Å². The van der Waals surface area contributed by atoms with Crippen molar-refractivity contribution in [2.24, 2.45) is 17.0 Å². The third-order valence-electron chi connectivity index (χ3n) is 7.16. The van der Waals surface area contributed by atoms with E-state index in [9.17, 15) is 14.1 Å². The molecule has 8 heteroatoms. The maximum Gasteiger partial charge on any atom is 0.223 e. The number of carbonyl (C=O) groups excluding carboxylic acids is 1. The van der Waals surface area contributed by atoms with Crippen LogP contribution in [0.3, 0.4) is 0 Å². The number of hydrogen-bond donors (Lipinski definition) is 2. The first-order chi connectivity index (χ1) is 16.6. The Bertz CT molecular complexity index is 971. The Morgan fingerprint density at radius 2 is 1.74 bits per heavy atom. The van der Waals surface area contributed by atoms with Crippen LogP contribution in [0.5, 0.6) is 0 Å². The first-order valence-electron chi connectivity index (χ1n) is 12.1. The summed E-state index contributed by atoms with van der Waals surface area (Å²) in [6.07, 6.45) is 5.81. The second-order valence-electron chi connectivity index (χ2n) is 9.41. The molecule has 0 unspecified atom stereocenters.